The van der Waals surface area contributed by atoms with E-state index < -0.39 is 17.8 Å². The summed E-state index contributed by atoms with van der Waals surface area (Å²) in [7, 11) is 0. The zero-order valence-electron chi connectivity index (χ0n) is 19.0. The first-order valence-corrected chi connectivity index (χ1v) is 11.4. The molecular formula is C26H21Cl2N3O4. The molecule has 1 saturated heterocycles. The normalized spacial score (nSPS) is 14.9. The van der Waals surface area contributed by atoms with Crippen molar-refractivity contribution in [2.24, 2.45) is 0 Å². The molecule has 3 aromatic rings. The van der Waals surface area contributed by atoms with Crippen molar-refractivity contribution in [3.05, 3.63) is 93.8 Å². The number of ether oxygens (including phenoxy) is 1. The Morgan fingerprint density at radius 3 is 2.46 bits per heavy atom. The van der Waals surface area contributed by atoms with E-state index in [-0.39, 0.29) is 21.3 Å². The van der Waals surface area contributed by atoms with E-state index in [1.165, 1.54) is 18.2 Å². The molecule has 1 aromatic heterocycles. The molecule has 0 saturated carbocycles. The number of nitrogens with one attached hydrogen (secondary N) is 1. The van der Waals surface area contributed by atoms with Crippen LogP contribution in [0.15, 0.2) is 66.8 Å². The lowest BCUT2D eigenvalue weighted by Crippen LogP contribution is -2.54. The zero-order valence-corrected chi connectivity index (χ0v) is 20.5. The third kappa shape index (κ3) is 4.60. The maximum atomic E-state index is 13.3. The summed E-state index contributed by atoms with van der Waals surface area (Å²) in [4.78, 5) is 39.2. The second-order valence-electron chi connectivity index (χ2n) is 7.79. The number of hydrogen-bond donors (Lipinski definition) is 1. The third-order valence-corrected chi connectivity index (χ3v) is 6.32. The van der Waals surface area contributed by atoms with Crippen molar-refractivity contribution < 1.29 is 19.1 Å². The van der Waals surface area contributed by atoms with Gasteiger partial charge in [0.1, 0.15) is 17.9 Å². The van der Waals surface area contributed by atoms with Gasteiger partial charge in [-0.1, -0.05) is 41.9 Å². The number of carbonyl (C=O) groups excluding carboxylic acids is 3. The highest BCUT2D eigenvalue weighted by Gasteiger charge is 2.38. The lowest BCUT2D eigenvalue weighted by molar-refractivity contribution is -0.122. The fraction of sp³-hybridized carbons (Fsp3) is 0.115. The molecule has 0 atom stereocenters. The van der Waals surface area contributed by atoms with Gasteiger partial charge in [0, 0.05) is 17.1 Å². The van der Waals surface area contributed by atoms with Gasteiger partial charge >= 0.3 is 6.03 Å². The summed E-state index contributed by atoms with van der Waals surface area (Å²) in [6.45, 7) is 7.85. The van der Waals surface area contributed by atoms with E-state index in [2.05, 4.69) is 11.9 Å². The van der Waals surface area contributed by atoms with Gasteiger partial charge in [-0.15, -0.1) is 0 Å². The number of aromatic nitrogens is 1. The highest BCUT2D eigenvalue weighted by molar-refractivity contribution is 6.46. The van der Waals surface area contributed by atoms with E-state index in [4.69, 9.17) is 27.9 Å². The smallest absolute Gasteiger partial charge is 0.336 e. The molecule has 7 nitrogen and oxygen atoms in total. The van der Waals surface area contributed by atoms with E-state index in [9.17, 15) is 14.4 Å². The minimum absolute atomic E-state index is 0.0325. The SMILES string of the molecule is C=CCOc1ccc(-n2c(C)cc(/C=C3\C(=O)NC(=O)N(c4cccc(Cl)c4Cl)C3=O)c2C)cc1. The van der Waals surface area contributed by atoms with E-state index >= 15 is 0 Å². The number of carbonyl (C=O) groups is 3. The van der Waals surface area contributed by atoms with Gasteiger partial charge in [-0.3, -0.25) is 14.9 Å². The topological polar surface area (TPSA) is 80.6 Å². The fourth-order valence-electron chi connectivity index (χ4n) is 3.87. The van der Waals surface area contributed by atoms with Crippen LogP contribution in [0.1, 0.15) is 17.0 Å². The molecule has 0 bridgehead atoms. The van der Waals surface area contributed by atoms with Crippen molar-refractivity contribution >= 4 is 52.8 Å². The van der Waals surface area contributed by atoms with Crippen LogP contribution in [0.25, 0.3) is 11.8 Å². The molecule has 0 aliphatic carbocycles. The summed E-state index contributed by atoms with van der Waals surface area (Å²) in [5, 5.41) is 2.41. The second kappa shape index (κ2) is 9.82. The van der Waals surface area contributed by atoms with Gasteiger partial charge in [-0.05, 0) is 68.0 Å². The van der Waals surface area contributed by atoms with Crippen LogP contribution in [-0.2, 0) is 9.59 Å². The predicted molar refractivity (Wildman–Crippen MR) is 136 cm³/mol. The molecule has 0 unspecified atom stereocenters. The summed E-state index contributed by atoms with van der Waals surface area (Å²) in [6, 6.07) is 13.1. The van der Waals surface area contributed by atoms with Crippen LogP contribution in [0.2, 0.25) is 10.0 Å². The summed E-state index contributed by atoms with van der Waals surface area (Å²) < 4.78 is 7.53. The van der Waals surface area contributed by atoms with Gasteiger partial charge < -0.3 is 9.30 Å². The Morgan fingerprint density at radius 2 is 1.77 bits per heavy atom. The number of rotatable bonds is 6. The molecular weight excluding hydrogens is 489 g/mol. The van der Waals surface area contributed by atoms with Gasteiger partial charge in [0.15, 0.2) is 0 Å². The fourth-order valence-corrected chi connectivity index (χ4v) is 4.25. The molecule has 1 aliphatic rings. The molecule has 0 radical (unpaired) electrons. The molecule has 178 valence electrons. The largest absolute Gasteiger partial charge is 0.490 e. The van der Waals surface area contributed by atoms with E-state index in [0.717, 1.165) is 22.0 Å². The summed E-state index contributed by atoms with van der Waals surface area (Å²) in [5.74, 6) is -0.869. The third-order valence-electron chi connectivity index (χ3n) is 5.51. The first kappa shape index (κ1) is 24.3. The van der Waals surface area contributed by atoms with Crippen molar-refractivity contribution in [2.45, 2.75) is 13.8 Å². The summed E-state index contributed by atoms with van der Waals surface area (Å²) >= 11 is 12.3. The number of barbiturate groups is 1. The number of halogens is 2. The van der Waals surface area contributed by atoms with E-state index in [1.807, 2.05) is 48.7 Å². The standard InChI is InChI=1S/C26H21Cl2N3O4/c1-4-12-35-19-10-8-18(9-11-19)30-15(2)13-17(16(30)3)14-20-24(32)29-26(34)31(25(20)33)22-7-5-6-21(27)23(22)28/h4-11,13-14H,1,12H2,2-3H3,(H,29,32,34)/b20-14+. The number of urea groups is 1. The van der Waals surface area contributed by atoms with E-state index in [0.29, 0.717) is 17.9 Å². The monoisotopic (exact) mass is 509 g/mol. The number of aryl methyl sites for hydroxylation is 1. The first-order chi connectivity index (χ1) is 16.7. The number of imide groups is 2. The van der Waals surface area contributed by atoms with Crippen molar-refractivity contribution in [1.29, 1.82) is 0 Å². The average molecular weight is 510 g/mol. The van der Waals surface area contributed by atoms with Crippen LogP contribution in [-0.4, -0.2) is 29.0 Å². The van der Waals surface area contributed by atoms with Crippen LogP contribution in [0.5, 0.6) is 5.75 Å². The van der Waals surface area contributed by atoms with Crippen LogP contribution >= 0.6 is 23.2 Å². The van der Waals surface area contributed by atoms with Crippen molar-refractivity contribution in [1.82, 2.24) is 9.88 Å². The molecule has 4 amide bonds. The molecule has 9 heteroatoms. The Morgan fingerprint density at radius 1 is 1.06 bits per heavy atom. The first-order valence-electron chi connectivity index (χ1n) is 10.6. The van der Waals surface area contributed by atoms with Gasteiger partial charge in [0.25, 0.3) is 11.8 Å². The molecule has 2 heterocycles. The van der Waals surface area contributed by atoms with Crippen LogP contribution in [0, 0.1) is 13.8 Å². The molecule has 35 heavy (non-hydrogen) atoms. The Bertz CT molecular complexity index is 1390. The van der Waals surface area contributed by atoms with Crippen LogP contribution < -0.4 is 15.0 Å². The Labute approximate surface area is 212 Å². The van der Waals surface area contributed by atoms with Gasteiger partial charge in [-0.25, -0.2) is 9.69 Å². The van der Waals surface area contributed by atoms with Gasteiger partial charge in [0.2, 0.25) is 0 Å². The highest BCUT2D eigenvalue weighted by Crippen LogP contribution is 2.34. The highest BCUT2D eigenvalue weighted by atomic mass is 35.5. The molecule has 1 fully saturated rings. The van der Waals surface area contributed by atoms with Crippen molar-refractivity contribution in [3.8, 4) is 11.4 Å². The number of amides is 4. The Hall–Kier alpha value is -3.81. The average Bonchev–Trinajstić information content (AvgIpc) is 3.11. The van der Waals surface area contributed by atoms with Gasteiger partial charge in [-0.2, -0.15) is 0 Å². The molecule has 4 rings (SSSR count). The quantitative estimate of drug-likeness (QED) is 0.265. The maximum absolute atomic E-state index is 13.3. The predicted octanol–water partition coefficient (Wildman–Crippen LogP) is 5.63. The zero-order chi connectivity index (χ0) is 25.3. The Kier molecular flexibility index (Phi) is 6.82. The molecule has 1 aliphatic heterocycles. The Balaban J connectivity index is 1.71. The minimum Gasteiger partial charge on any atom is -0.490 e. The number of hydrogen-bond acceptors (Lipinski definition) is 4. The number of anilines is 1. The minimum atomic E-state index is -0.898. The lowest BCUT2D eigenvalue weighted by Gasteiger charge is -2.27. The van der Waals surface area contributed by atoms with Crippen LogP contribution in [0.3, 0.4) is 0 Å². The number of nitrogens with zero attached hydrogens (tertiary/aromatic N) is 2. The number of benzene rings is 2. The van der Waals surface area contributed by atoms with E-state index in [1.54, 1.807) is 12.1 Å². The molecule has 1 N–H and O–H groups in total. The lowest BCUT2D eigenvalue weighted by atomic mass is 10.1. The van der Waals surface area contributed by atoms with Crippen molar-refractivity contribution in [2.75, 3.05) is 11.5 Å². The second-order valence-corrected chi connectivity index (χ2v) is 8.57. The summed E-state index contributed by atoms with van der Waals surface area (Å²) in [5.41, 5.74) is 3.12. The summed E-state index contributed by atoms with van der Waals surface area (Å²) in [6.07, 6.45) is 3.14. The van der Waals surface area contributed by atoms with Crippen molar-refractivity contribution in [3.63, 3.8) is 0 Å². The van der Waals surface area contributed by atoms with Crippen LogP contribution in [0.4, 0.5) is 10.5 Å². The molecule has 2 aromatic carbocycles. The molecule has 0 spiro atoms. The maximum Gasteiger partial charge on any atom is 0.336 e. The van der Waals surface area contributed by atoms with Gasteiger partial charge in [0.05, 0.1) is 15.7 Å².